The van der Waals surface area contributed by atoms with Gasteiger partial charge in [0.25, 0.3) is 0 Å². The van der Waals surface area contributed by atoms with Crippen LogP contribution >= 0.6 is 11.6 Å². The molecule has 0 aliphatic carbocycles. The third-order valence-corrected chi connectivity index (χ3v) is 4.11. The van der Waals surface area contributed by atoms with Gasteiger partial charge in [-0.3, -0.25) is 5.01 Å². The zero-order valence-corrected chi connectivity index (χ0v) is 13.5. The third-order valence-electron chi connectivity index (χ3n) is 3.87. The molecular weight excluding hydrogens is 294 g/mol. The van der Waals surface area contributed by atoms with Crippen molar-refractivity contribution in [1.82, 2.24) is 5.01 Å². The monoisotopic (exact) mass is 313 g/mol. The molecule has 1 aliphatic rings. The van der Waals surface area contributed by atoms with E-state index in [0.29, 0.717) is 0 Å². The van der Waals surface area contributed by atoms with Crippen LogP contribution in [0.1, 0.15) is 11.1 Å². The Balaban J connectivity index is 1.56. The summed E-state index contributed by atoms with van der Waals surface area (Å²) in [5.74, 6) is 0. The van der Waals surface area contributed by atoms with Crippen molar-refractivity contribution in [3.05, 3.63) is 64.7 Å². The maximum absolute atomic E-state index is 5.98. The number of hydrogen-bond donors (Lipinski definition) is 0. The first-order valence-corrected chi connectivity index (χ1v) is 7.95. The van der Waals surface area contributed by atoms with E-state index in [1.807, 2.05) is 30.5 Å². The number of halogens is 1. The quantitative estimate of drug-likeness (QED) is 0.803. The summed E-state index contributed by atoms with van der Waals surface area (Å²) in [7, 11) is 0. The van der Waals surface area contributed by atoms with E-state index in [4.69, 9.17) is 11.6 Å². The molecule has 114 valence electrons. The van der Waals surface area contributed by atoms with Crippen LogP contribution in [-0.2, 0) is 0 Å². The van der Waals surface area contributed by atoms with E-state index in [1.165, 1.54) is 11.3 Å². The van der Waals surface area contributed by atoms with Crippen molar-refractivity contribution in [2.24, 2.45) is 5.10 Å². The average molecular weight is 314 g/mol. The summed E-state index contributed by atoms with van der Waals surface area (Å²) < 4.78 is 0. The molecular formula is C18H20ClN3. The molecule has 22 heavy (non-hydrogen) atoms. The number of anilines is 1. The Labute approximate surface area is 136 Å². The van der Waals surface area contributed by atoms with Gasteiger partial charge in [0.2, 0.25) is 0 Å². The van der Waals surface area contributed by atoms with Crippen LogP contribution in [0.4, 0.5) is 5.69 Å². The fourth-order valence-corrected chi connectivity index (χ4v) is 2.76. The summed E-state index contributed by atoms with van der Waals surface area (Å²) in [4.78, 5) is 2.41. The zero-order chi connectivity index (χ0) is 15.4. The van der Waals surface area contributed by atoms with Gasteiger partial charge in [0.15, 0.2) is 0 Å². The second kappa shape index (κ2) is 6.84. The molecule has 1 saturated heterocycles. The average Bonchev–Trinajstić information content (AvgIpc) is 2.54. The van der Waals surface area contributed by atoms with Gasteiger partial charge in [-0.05, 0) is 36.8 Å². The van der Waals surface area contributed by atoms with E-state index in [1.54, 1.807) is 0 Å². The third kappa shape index (κ3) is 3.80. The predicted octanol–water partition coefficient (Wildman–Crippen LogP) is 3.80. The first-order valence-electron chi connectivity index (χ1n) is 7.57. The molecule has 0 atom stereocenters. The van der Waals surface area contributed by atoms with Gasteiger partial charge in [-0.2, -0.15) is 5.10 Å². The number of piperazine rings is 1. The molecule has 0 amide bonds. The van der Waals surface area contributed by atoms with Crippen molar-refractivity contribution < 1.29 is 0 Å². The van der Waals surface area contributed by atoms with Crippen LogP contribution in [0.25, 0.3) is 0 Å². The second-order valence-corrected chi connectivity index (χ2v) is 6.01. The van der Waals surface area contributed by atoms with Crippen LogP contribution in [0.2, 0.25) is 5.02 Å². The molecule has 1 aliphatic heterocycles. The van der Waals surface area contributed by atoms with Crippen LogP contribution in [0.5, 0.6) is 0 Å². The topological polar surface area (TPSA) is 18.8 Å². The number of rotatable bonds is 3. The van der Waals surface area contributed by atoms with Crippen LogP contribution < -0.4 is 4.90 Å². The van der Waals surface area contributed by atoms with Crippen LogP contribution in [-0.4, -0.2) is 37.4 Å². The lowest BCUT2D eigenvalue weighted by atomic mass is 10.2. The largest absolute Gasteiger partial charge is 0.368 e. The highest BCUT2D eigenvalue weighted by molar-refractivity contribution is 6.30. The summed E-state index contributed by atoms with van der Waals surface area (Å²) in [6.45, 7) is 5.98. The van der Waals surface area contributed by atoms with Gasteiger partial charge in [-0.15, -0.1) is 0 Å². The number of benzene rings is 2. The van der Waals surface area contributed by atoms with Gasteiger partial charge in [0.1, 0.15) is 0 Å². The lowest BCUT2D eigenvalue weighted by Crippen LogP contribution is -2.44. The van der Waals surface area contributed by atoms with Gasteiger partial charge < -0.3 is 4.90 Å². The highest BCUT2D eigenvalue weighted by Crippen LogP contribution is 2.17. The van der Waals surface area contributed by atoms with E-state index in [2.05, 4.69) is 46.2 Å². The van der Waals surface area contributed by atoms with Crippen molar-refractivity contribution in [1.29, 1.82) is 0 Å². The summed E-state index contributed by atoms with van der Waals surface area (Å²) in [5.41, 5.74) is 3.63. The first kappa shape index (κ1) is 14.9. The smallest absolute Gasteiger partial charge is 0.0543 e. The summed E-state index contributed by atoms with van der Waals surface area (Å²) in [5, 5.41) is 7.42. The van der Waals surface area contributed by atoms with Crippen LogP contribution in [0.15, 0.2) is 53.6 Å². The Morgan fingerprint density at radius 2 is 1.73 bits per heavy atom. The SMILES string of the molecule is Cc1ccc(N2CCN(N=Cc3cccc(Cl)c3)CC2)cc1. The van der Waals surface area contributed by atoms with E-state index >= 15 is 0 Å². The molecule has 0 spiro atoms. The van der Waals surface area contributed by atoms with Gasteiger partial charge >= 0.3 is 0 Å². The van der Waals surface area contributed by atoms with Crippen molar-refractivity contribution >= 4 is 23.5 Å². The van der Waals surface area contributed by atoms with Crippen molar-refractivity contribution in [3.8, 4) is 0 Å². The molecule has 4 heteroatoms. The predicted molar refractivity (Wildman–Crippen MR) is 94.0 cm³/mol. The Bertz CT molecular complexity index is 644. The van der Waals surface area contributed by atoms with Crippen molar-refractivity contribution in [3.63, 3.8) is 0 Å². The van der Waals surface area contributed by atoms with Crippen molar-refractivity contribution in [2.75, 3.05) is 31.1 Å². The number of hydrazone groups is 1. The van der Waals surface area contributed by atoms with Gasteiger partial charge in [-0.1, -0.05) is 41.4 Å². The molecule has 1 heterocycles. The van der Waals surface area contributed by atoms with E-state index in [0.717, 1.165) is 36.8 Å². The minimum absolute atomic E-state index is 0.744. The molecule has 1 fully saturated rings. The van der Waals surface area contributed by atoms with E-state index in [-0.39, 0.29) is 0 Å². The molecule has 0 saturated carbocycles. The Hall–Kier alpha value is -2.00. The van der Waals surface area contributed by atoms with Gasteiger partial charge in [0, 0.05) is 23.8 Å². The molecule has 3 rings (SSSR count). The fourth-order valence-electron chi connectivity index (χ4n) is 2.56. The highest BCUT2D eigenvalue weighted by Gasteiger charge is 2.15. The maximum Gasteiger partial charge on any atom is 0.0543 e. The Morgan fingerprint density at radius 3 is 2.41 bits per heavy atom. The lowest BCUT2D eigenvalue weighted by molar-refractivity contribution is 0.272. The van der Waals surface area contributed by atoms with Gasteiger partial charge in [-0.25, -0.2) is 0 Å². The summed E-state index contributed by atoms with van der Waals surface area (Å²) >= 11 is 5.98. The standard InChI is InChI=1S/C18H20ClN3/c1-15-5-7-18(8-6-15)21-9-11-22(12-10-21)20-14-16-3-2-4-17(19)13-16/h2-8,13-14H,9-12H2,1H3. The Kier molecular flexibility index (Phi) is 4.64. The summed E-state index contributed by atoms with van der Waals surface area (Å²) in [6.07, 6.45) is 1.88. The number of hydrogen-bond acceptors (Lipinski definition) is 3. The van der Waals surface area contributed by atoms with Gasteiger partial charge in [0.05, 0.1) is 19.3 Å². The fraction of sp³-hybridized carbons (Fsp3) is 0.278. The lowest BCUT2D eigenvalue weighted by Gasteiger charge is -2.34. The molecule has 2 aromatic carbocycles. The van der Waals surface area contributed by atoms with Crippen LogP contribution in [0, 0.1) is 6.92 Å². The van der Waals surface area contributed by atoms with Crippen molar-refractivity contribution in [2.45, 2.75) is 6.92 Å². The molecule has 3 nitrogen and oxygen atoms in total. The summed E-state index contributed by atoms with van der Waals surface area (Å²) in [6, 6.07) is 16.5. The molecule has 0 aromatic heterocycles. The highest BCUT2D eigenvalue weighted by atomic mass is 35.5. The number of nitrogens with zero attached hydrogens (tertiary/aromatic N) is 3. The Morgan fingerprint density at radius 1 is 1.00 bits per heavy atom. The first-order chi connectivity index (χ1) is 10.7. The molecule has 0 radical (unpaired) electrons. The minimum atomic E-state index is 0.744. The minimum Gasteiger partial charge on any atom is -0.368 e. The molecule has 2 aromatic rings. The second-order valence-electron chi connectivity index (χ2n) is 5.58. The maximum atomic E-state index is 5.98. The number of aryl methyl sites for hydroxylation is 1. The molecule has 0 bridgehead atoms. The molecule has 0 N–H and O–H groups in total. The van der Waals surface area contributed by atoms with Crippen LogP contribution in [0.3, 0.4) is 0 Å². The zero-order valence-electron chi connectivity index (χ0n) is 12.7. The van der Waals surface area contributed by atoms with E-state index < -0.39 is 0 Å². The van der Waals surface area contributed by atoms with E-state index in [9.17, 15) is 0 Å². The normalized spacial score (nSPS) is 15.5. The molecule has 0 unspecified atom stereocenters.